The summed E-state index contributed by atoms with van der Waals surface area (Å²) >= 11 is 0. The quantitative estimate of drug-likeness (QED) is 0.437. The molecule has 0 unspecified atom stereocenters. The minimum atomic E-state index is -0.617. The Morgan fingerprint density at radius 1 is 1.11 bits per heavy atom. The summed E-state index contributed by atoms with van der Waals surface area (Å²) in [6.07, 6.45) is 1.44. The highest BCUT2D eigenvalue weighted by molar-refractivity contribution is 5.94. The molecule has 0 aliphatic rings. The van der Waals surface area contributed by atoms with Gasteiger partial charge < -0.3 is 33.2 Å². The first-order valence-electron chi connectivity index (χ1n) is 10.7. The molecule has 3 aromatic rings. The van der Waals surface area contributed by atoms with Crippen LogP contribution in [-0.4, -0.2) is 44.4 Å². The number of nitriles is 1. The van der Waals surface area contributed by atoms with E-state index in [0.717, 1.165) is 11.3 Å². The maximum Gasteiger partial charge on any atom is 0.310 e. The lowest BCUT2D eigenvalue weighted by molar-refractivity contribution is -0.146. The number of hydrogen-bond acceptors (Lipinski definition) is 8. The molecule has 184 valence electrons. The van der Waals surface area contributed by atoms with Gasteiger partial charge in [0.1, 0.15) is 17.6 Å². The monoisotopic (exact) mass is 481 g/mol. The van der Waals surface area contributed by atoms with Crippen LogP contribution in [0.5, 0.6) is 17.2 Å². The number of carbonyl (C=O) groups excluding carboxylic acids is 2. The van der Waals surface area contributed by atoms with Gasteiger partial charge in [0.15, 0.2) is 18.1 Å². The number of nitrogens with zero attached hydrogens (tertiary/aromatic N) is 2. The van der Waals surface area contributed by atoms with E-state index in [2.05, 4.69) is 11.4 Å². The molecule has 0 spiro atoms. The van der Waals surface area contributed by atoms with E-state index in [1.165, 1.54) is 21.3 Å². The molecule has 0 atom stereocenters. The van der Waals surface area contributed by atoms with Crippen molar-refractivity contribution in [3.05, 3.63) is 58.7 Å². The van der Waals surface area contributed by atoms with Crippen molar-refractivity contribution in [1.29, 1.82) is 5.26 Å². The highest BCUT2D eigenvalue weighted by Gasteiger charge is 2.21. The number of nitrogens with one attached hydrogen (secondary N) is 1. The minimum Gasteiger partial charge on any atom is -0.493 e. The zero-order chi connectivity index (χ0) is 25.5. The highest BCUT2D eigenvalue weighted by Crippen LogP contribution is 2.38. The number of furan rings is 1. The van der Waals surface area contributed by atoms with Crippen molar-refractivity contribution in [1.82, 2.24) is 4.57 Å². The van der Waals surface area contributed by atoms with E-state index in [-0.39, 0.29) is 6.42 Å². The van der Waals surface area contributed by atoms with Gasteiger partial charge >= 0.3 is 5.97 Å². The van der Waals surface area contributed by atoms with Gasteiger partial charge in [0.2, 0.25) is 5.75 Å². The predicted molar refractivity (Wildman–Crippen MR) is 126 cm³/mol. The molecule has 0 aliphatic heterocycles. The summed E-state index contributed by atoms with van der Waals surface area (Å²) in [5, 5.41) is 12.3. The second kappa shape index (κ2) is 11.2. The molecule has 10 heteroatoms. The fourth-order valence-electron chi connectivity index (χ4n) is 3.66. The van der Waals surface area contributed by atoms with Crippen LogP contribution < -0.4 is 19.5 Å². The van der Waals surface area contributed by atoms with Crippen LogP contribution in [-0.2, 0) is 27.3 Å². The fourth-order valence-corrected chi connectivity index (χ4v) is 3.66. The molecule has 1 N–H and O–H groups in total. The molecule has 0 aliphatic carbocycles. The van der Waals surface area contributed by atoms with Gasteiger partial charge in [-0.05, 0) is 49.2 Å². The van der Waals surface area contributed by atoms with Crippen LogP contribution in [0.1, 0.15) is 28.1 Å². The van der Waals surface area contributed by atoms with Gasteiger partial charge in [-0.25, -0.2) is 0 Å². The first-order valence-corrected chi connectivity index (χ1v) is 10.7. The first-order chi connectivity index (χ1) is 16.8. The summed E-state index contributed by atoms with van der Waals surface area (Å²) in [4.78, 5) is 25.0. The number of aromatic nitrogens is 1. The summed E-state index contributed by atoms with van der Waals surface area (Å²) in [6, 6.07) is 8.96. The Bertz CT molecular complexity index is 1230. The van der Waals surface area contributed by atoms with E-state index in [1.54, 1.807) is 42.0 Å². The summed E-state index contributed by atoms with van der Waals surface area (Å²) in [7, 11) is 4.44. The van der Waals surface area contributed by atoms with Gasteiger partial charge in [-0.15, -0.1) is 0 Å². The van der Waals surface area contributed by atoms with E-state index in [4.69, 9.17) is 23.4 Å². The Hall–Kier alpha value is -4.39. The lowest BCUT2D eigenvalue weighted by Crippen LogP contribution is -2.23. The first kappa shape index (κ1) is 25.2. The second-order valence-electron chi connectivity index (χ2n) is 7.63. The molecule has 1 aromatic carbocycles. The minimum absolute atomic E-state index is 0.111. The van der Waals surface area contributed by atoms with Crippen molar-refractivity contribution < 1.29 is 33.0 Å². The van der Waals surface area contributed by atoms with Gasteiger partial charge in [-0.1, -0.05) is 0 Å². The van der Waals surface area contributed by atoms with Crippen molar-refractivity contribution in [2.45, 2.75) is 26.8 Å². The van der Waals surface area contributed by atoms with E-state index < -0.39 is 18.5 Å². The zero-order valence-electron chi connectivity index (χ0n) is 20.3. The van der Waals surface area contributed by atoms with Gasteiger partial charge in [0.25, 0.3) is 5.91 Å². The summed E-state index contributed by atoms with van der Waals surface area (Å²) in [5.74, 6) is 1.01. The van der Waals surface area contributed by atoms with Crippen LogP contribution >= 0.6 is 0 Å². The average Bonchev–Trinajstić information content (AvgIpc) is 3.44. The maximum absolute atomic E-state index is 12.6. The van der Waals surface area contributed by atoms with Gasteiger partial charge in [0, 0.05) is 5.69 Å². The molecular weight excluding hydrogens is 454 g/mol. The van der Waals surface area contributed by atoms with Crippen molar-refractivity contribution >= 4 is 17.7 Å². The third kappa shape index (κ3) is 5.58. The highest BCUT2D eigenvalue weighted by atomic mass is 16.5. The summed E-state index contributed by atoms with van der Waals surface area (Å²) < 4.78 is 28.2. The fraction of sp³-hybridized carbons (Fsp3) is 0.320. The van der Waals surface area contributed by atoms with Crippen molar-refractivity contribution in [2.75, 3.05) is 33.3 Å². The lowest BCUT2D eigenvalue weighted by Gasteiger charge is -2.14. The Balaban J connectivity index is 1.68. The molecule has 0 bridgehead atoms. The lowest BCUT2D eigenvalue weighted by atomic mass is 10.1. The number of amides is 1. The Morgan fingerprint density at radius 3 is 2.34 bits per heavy atom. The van der Waals surface area contributed by atoms with Crippen molar-refractivity contribution in [3.63, 3.8) is 0 Å². The SMILES string of the molecule is COc1cc(CC(=O)OCC(=O)Nc2c(C#N)c(C)c(C)n2Cc2ccco2)cc(OC)c1OC. The van der Waals surface area contributed by atoms with Crippen LogP contribution in [0, 0.1) is 25.2 Å². The number of carbonyl (C=O) groups is 2. The maximum atomic E-state index is 12.6. The van der Waals surface area contributed by atoms with E-state index in [0.29, 0.717) is 46.5 Å². The molecule has 0 saturated carbocycles. The van der Waals surface area contributed by atoms with Gasteiger partial charge in [0.05, 0.1) is 46.1 Å². The van der Waals surface area contributed by atoms with Crippen LogP contribution in [0.15, 0.2) is 34.9 Å². The third-order valence-corrected chi connectivity index (χ3v) is 5.53. The van der Waals surface area contributed by atoms with E-state index in [1.807, 2.05) is 6.92 Å². The number of methoxy groups -OCH3 is 3. The smallest absolute Gasteiger partial charge is 0.310 e. The standard InChI is InChI=1S/C25H27N3O7/c1-15-16(2)28(13-18-7-6-8-34-18)25(19(15)12-26)27-22(29)14-35-23(30)11-17-9-20(31-3)24(33-5)21(10-17)32-4/h6-10H,11,13-14H2,1-5H3,(H,27,29). The Kier molecular flexibility index (Phi) is 8.04. The van der Waals surface area contributed by atoms with Crippen LogP contribution in [0.4, 0.5) is 5.82 Å². The molecule has 0 radical (unpaired) electrons. The van der Waals surface area contributed by atoms with Crippen molar-refractivity contribution in [2.24, 2.45) is 0 Å². The average molecular weight is 482 g/mol. The Morgan fingerprint density at radius 2 is 1.80 bits per heavy atom. The van der Waals surface area contributed by atoms with Crippen LogP contribution in [0.25, 0.3) is 0 Å². The number of rotatable bonds is 10. The number of anilines is 1. The van der Waals surface area contributed by atoms with Gasteiger partial charge in [-0.2, -0.15) is 5.26 Å². The van der Waals surface area contributed by atoms with Crippen molar-refractivity contribution in [3.8, 4) is 23.3 Å². The number of benzene rings is 1. The number of ether oxygens (including phenoxy) is 4. The molecule has 1 amide bonds. The summed E-state index contributed by atoms with van der Waals surface area (Å²) in [5.41, 5.74) is 2.46. The molecule has 10 nitrogen and oxygen atoms in total. The zero-order valence-corrected chi connectivity index (χ0v) is 20.3. The molecule has 35 heavy (non-hydrogen) atoms. The van der Waals surface area contributed by atoms with Crippen LogP contribution in [0.3, 0.4) is 0 Å². The predicted octanol–water partition coefficient (Wildman–Crippen LogP) is 3.37. The molecule has 2 aromatic heterocycles. The Labute approximate surface area is 202 Å². The molecular formula is C25H27N3O7. The van der Waals surface area contributed by atoms with Crippen LogP contribution in [0.2, 0.25) is 0 Å². The molecule has 0 fully saturated rings. The topological polar surface area (TPSA) is 125 Å². The number of hydrogen-bond donors (Lipinski definition) is 1. The summed E-state index contributed by atoms with van der Waals surface area (Å²) in [6.45, 7) is 3.47. The second-order valence-corrected chi connectivity index (χ2v) is 7.63. The van der Waals surface area contributed by atoms with E-state index >= 15 is 0 Å². The molecule has 0 saturated heterocycles. The number of esters is 1. The third-order valence-electron chi connectivity index (χ3n) is 5.53. The molecule has 3 rings (SSSR count). The van der Waals surface area contributed by atoms with Gasteiger partial charge in [-0.3, -0.25) is 9.59 Å². The largest absolute Gasteiger partial charge is 0.493 e. The van der Waals surface area contributed by atoms with E-state index in [9.17, 15) is 14.9 Å². The normalized spacial score (nSPS) is 10.4. The molecule has 2 heterocycles.